The van der Waals surface area contributed by atoms with Gasteiger partial charge in [-0.1, -0.05) is 18.2 Å². The Kier molecular flexibility index (Phi) is 6.83. The number of hydrogen-bond acceptors (Lipinski definition) is 3. The number of furan rings is 1. The molecule has 0 unspecified atom stereocenters. The second kappa shape index (κ2) is 11.8. The molecule has 10 rings (SSSR count). The summed E-state index contributed by atoms with van der Waals surface area (Å²) in [4.78, 5) is 4.69. The molecule has 3 nitrogen and oxygen atoms in total. The van der Waals surface area contributed by atoms with E-state index < -0.39 is 0 Å². The molecule has 0 N–H and O–H groups in total. The van der Waals surface area contributed by atoms with Crippen molar-refractivity contribution in [2.45, 2.75) is 0 Å². The Bertz CT molecular complexity index is 2840. The van der Waals surface area contributed by atoms with Gasteiger partial charge in [0.25, 0.3) is 0 Å². The zero-order valence-corrected chi connectivity index (χ0v) is 28.7. The van der Waals surface area contributed by atoms with Crippen molar-refractivity contribution in [3.63, 3.8) is 0 Å². The second-order valence-electron chi connectivity index (χ2n) is 12.6. The number of para-hydroxylation sites is 3. The van der Waals surface area contributed by atoms with Crippen molar-refractivity contribution in [2.24, 2.45) is 0 Å². The third kappa shape index (κ3) is 4.81. The molecule has 0 spiro atoms. The first kappa shape index (κ1) is 28.9. The second-order valence-corrected chi connectivity index (χ2v) is 14.8. The average Bonchev–Trinajstić information content (AvgIpc) is 3.74. The van der Waals surface area contributed by atoms with Crippen LogP contribution in [0.2, 0.25) is 0 Å². The van der Waals surface area contributed by atoms with Gasteiger partial charge in [-0.2, -0.15) is 0 Å². The van der Waals surface area contributed by atoms with E-state index in [0.29, 0.717) is 0 Å². The summed E-state index contributed by atoms with van der Waals surface area (Å²) >= 11 is 0.213. The number of fused-ring (bicyclic) bond motifs is 8. The molecule has 0 aliphatic rings. The van der Waals surface area contributed by atoms with Crippen molar-refractivity contribution in [3.05, 3.63) is 182 Å². The number of rotatable bonds is 6. The zero-order chi connectivity index (χ0) is 33.0. The molecule has 0 radical (unpaired) electrons. The Labute approximate surface area is 295 Å². The predicted octanol–water partition coefficient (Wildman–Crippen LogP) is 13.0. The van der Waals surface area contributed by atoms with Crippen molar-refractivity contribution >= 4 is 101 Å². The third-order valence-electron chi connectivity index (χ3n) is 9.60. The first-order valence-corrected chi connectivity index (χ1v) is 18.6. The van der Waals surface area contributed by atoms with Gasteiger partial charge in [-0.05, 0) is 6.07 Å². The van der Waals surface area contributed by atoms with Gasteiger partial charge in [0, 0.05) is 5.39 Å². The molecule has 50 heavy (non-hydrogen) atoms. The fraction of sp³-hybridized carbons (Fsp3) is 0. The maximum absolute atomic E-state index is 6.34. The molecule has 0 saturated carbocycles. The Hall–Kier alpha value is -6.06. The van der Waals surface area contributed by atoms with E-state index >= 15 is 0 Å². The van der Waals surface area contributed by atoms with E-state index in [1.54, 1.807) is 0 Å². The molecule has 0 fully saturated rings. The molecule has 0 bridgehead atoms. The van der Waals surface area contributed by atoms with Gasteiger partial charge < -0.3 is 0 Å². The summed E-state index contributed by atoms with van der Waals surface area (Å²) in [7, 11) is 0. The van der Waals surface area contributed by atoms with E-state index in [4.69, 9.17) is 4.42 Å². The zero-order valence-electron chi connectivity index (χ0n) is 27.0. The monoisotopic (exact) mass is 706 g/mol. The SMILES string of the molecule is c1ccc(N(c2cccc(N(c3ccccc3)c3ccc4c(c3)[se]c3c5ccccc5ccc43)c2)c2ccc3c(c2)oc2ccccc23)cc1. The average molecular weight is 706 g/mol. The standard InChI is InChI=1S/C46H30N2OSe/c1-3-13-32(14-4-1)47(36-23-26-40-39-20-9-10-21-43(39)49-44(40)29-36)34-17-11-18-35(28-34)48(33-15-5-2-6-16-33)37-24-27-41-42-25-22-31-12-7-8-19-38(31)46(42)50-45(41)30-37/h1-30H. The molecular weight excluding hydrogens is 675 g/mol. The topological polar surface area (TPSA) is 19.6 Å². The Morgan fingerprint density at radius 3 is 1.62 bits per heavy atom. The number of hydrogen-bond donors (Lipinski definition) is 0. The Balaban J connectivity index is 1.13. The summed E-state index contributed by atoms with van der Waals surface area (Å²) in [6.07, 6.45) is 0. The first-order valence-electron chi connectivity index (χ1n) is 16.8. The van der Waals surface area contributed by atoms with Gasteiger partial charge in [0.1, 0.15) is 5.58 Å². The molecule has 0 saturated heterocycles. The Morgan fingerprint density at radius 1 is 0.340 bits per heavy atom. The molecule has 0 aliphatic carbocycles. The van der Waals surface area contributed by atoms with E-state index in [1.807, 2.05) is 12.1 Å². The van der Waals surface area contributed by atoms with Crippen LogP contribution >= 0.6 is 0 Å². The van der Waals surface area contributed by atoms with E-state index in [2.05, 4.69) is 180 Å². The molecule has 2 heterocycles. The predicted molar refractivity (Wildman–Crippen MR) is 213 cm³/mol. The maximum atomic E-state index is 6.34. The third-order valence-corrected chi connectivity index (χ3v) is 12.1. The quantitative estimate of drug-likeness (QED) is 0.161. The molecule has 10 aromatic rings. The van der Waals surface area contributed by atoms with E-state index in [0.717, 1.165) is 56.1 Å². The molecule has 4 heteroatoms. The van der Waals surface area contributed by atoms with E-state index in [1.165, 1.54) is 30.1 Å². The van der Waals surface area contributed by atoms with Crippen molar-refractivity contribution in [3.8, 4) is 0 Å². The van der Waals surface area contributed by atoms with Crippen LogP contribution in [-0.4, -0.2) is 14.5 Å². The molecular formula is C46H30N2OSe. The minimum absolute atomic E-state index is 0.213. The van der Waals surface area contributed by atoms with Gasteiger partial charge in [0.15, 0.2) is 0 Å². The van der Waals surface area contributed by atoms with Gasteiger partial charge >= 0.3 is 262 Å². The molecule has 0 aliphatic heterocycles. The van der Waals surface area contributed by atoms with Crippen molar-refractivity contribution in [2.75, 3.05) is 9.80 Å². The van der Waals surface area contributed by atoms with Gasteiger partial charge in [-0.25, -0.2) is 0 Å². The molecule has 8 aromatic carbocycles. The van der Waals surface area contributed by atoms with Gasteiger partial charge in [-0.3, -0.25) is 0 Å². The summed E-state index contributed by atoms with van der Waals surface area (Å²) in [5.74, 6) is 0. The summed E-state index contributed by atoms with van der Waals surface area (Å²) in [5, 5.41) is 7.66. The summed E-state index contributed by atoms with van der Waals surface area (Å²) < 4.78 is 9.24. The van der Waals surface area contributed by atoms with Crippen LogP contribution in [0, 0.1) is 0 Å². The summed E-state index contributed by atoms with van der Waals surface area (Å²) in [6, 6.07) is 65.3. The van der Waals surface area contributed by atoms with Gasteiger partial charge in [0.05, 0.1) is 0 Å². The molecule has 2 aromatic heterocycles. The normalized spacial score (nSPS) is 11.6. The Morgan fingerprint density at radius 2 is 0.880 bits per heavy atom. The summed E-state index contributed by atoms with van der Waals surface area (Å²) in [6.45, 7) is 0. The van der Waals surface area contributed by atoms with Crippen LogP contribution in [0.5, 0.6) is 0 Å². The van der Waals surface area contributed by atoms with Crippen molar-refractivity contribution in [1.29, 1.82) is 0 Å². The summed E-state index contributed by atoms with van der Waals surface area (Å²) in [5.41, 5.74) is 8.32. The molecule has 236 valence electrons. The molecule has 0 amide bonds. The number of nitrogens with zero attached hydrogens (tertiary/aromatic N) is 2. The minimum atomic E-state index is 0.213. The van der Waals surface area contributed by atoms with Crippen LogP contribution in [0.15, 0.2) is 186 Å². The van der Waals surface area contributed by atoms with E-state index in [9.17, 15) is 0 Å². The van der Waals surface area contributed by atoms with Crippen LogP contribution in [0.25, 0.3) is 52.0 Å². The molecule has 0 atom stereocenters. The van der Waals surface area contributed by atoms with Gasteiger partial charge in [-0.15, -0.1) is 0 Å². The van der Waals surface area contributed by atoms with Crippen LogP contribution < -0.4 is 9.80 Å². The fourth-order valence-electron chi connectivity index (χ4n) is 7.31. The van der Waals surface area contributed by atoms with Crippen LogP contribution in [-0.2, 0) is 0 Å². The van der Waals surface area contributed by atoms with Crippen LogP contribution in [0.1, 0.15) is 0 Å². The fourth-order valence-corrected chi connectivity index (χ4v) is 9.97. The number of benzene rings is 8. The van der Waals surface area contributed by atoms with Crippen LogP contribution in [0.4, 0.5) is 34.1 Å². The van der Waals surface area contributed by atoms with Gasteiger partial charge in [0.2, 0.25) is 0 Å². The first-order chi connectivity index (χ1) is 24.8. The van der Waals surface area contributed by atoms with Crippen LogP contribution in [0.3, 0.4) is 0 Å². The van der Waals surface area contributed by atoms with Crippen molar-refractivity contribution < 1.29 is 4.42 Å². The van der Waals surface area contributed by atoms with E-state index in [-0.39, 0.29) is 14.5 Å². The van der Waals surface area contributed by atoms with Crippen molar-refractivity contribution in [1.82, 2.24) is 0 Å². The number of anilines is 6.